The molecule has 1 aliphatic rings. The number of aromatic amines is 1. The number of hydrogen-bond acceptors (Lipinski definition) is 3. The van der Waals surface area contributed by atoms with Crippen molar-refractivity contribution in [1.82, 2.24) is 10.2 Å². The third-order valence-corrected chi connectivity index (χ3v) is 4.32. The standard InChI is InChI=1S/C15H20FN3O/c1-2-9-3-4-10(5-9)8-20-11-6-12(16)14-13(7-11)18-19-15(14)17/h6-7,9-10H,2-5,8H2,1H3,(H3,17,18,19). The molecule has 2 aromatic rings. The first-order valence-electron chi connectivity index (χ1n) is 7.23. The van der Waals surface area contributed by atoms with Gasteiger partial charge in [0, 0.05) is 12.1 Å². The quantitative estimate of drug-likeness (QED) is 0.899. The molecule has 0 amide bonds. The molecule has 1 aromatic heterocycles. The fourth-order valence-electron chi connectivity index (χ4n) is 3.10. The molecule has 0 aliphatic heterocycles. The number of rotatable bonds is 4. The second kappa shape index (κ2) is 5.31. The van der Waals surface area contributed by atoms with Crippen molar-refractivity contribution in [3.63, 3.8) is 0 Å². The zero-order valence-corrected chi connectivity index (χ0v) is 11.7. The molecule has 2 unspecified atom stereocenters. The summed E-state index contributed by atoms with van der Waals surface area (Å²) in [6.45, 7) is 2.89. The molecule has 0 saturated heterocycles. The molecule has 1 heterocycles. The van der Waals surface area contributed by atoms with E-state index in [0.29, 0.717) is 29.2 Å². The maximum Gasteiger partial charge on any atom is 0.140 e. The molecule has 4 nitrogen and oxygen atoms in total. The van der Waals surface area contributed by atoms with Crippen LogP contribution in [0, 0.1) is 17.7 Å². The Balaban J connectivity index is 1.69. The Bertz CT molecular complexity index is 610. The van der Waals surface area contributed by atoms with E-state index in [0.717, 1.165) is 5.92 Å². The van der Waals surface area contributed by atoms with Gasteiger partial charge in [-0.1, -0.05) is 19.8 Å². The highest BCUT2D eigenvalue weighted by molar-refractivity contribution is 5.90. The van der Waals surface area contributed by atoms with Crippen LogP contribution in [0.4, 0.5) is 10.2 Å². The van der Waals surface area contributed by atoms with Crippen LogP contribution in [0.5, 0.6) is 5.75 Å². The SMILES string of the molecule is CCC1CCC(COc2cc(F)c3c(N)[nH]nc3c2)C1. The second-order valence-corrected chi connectivity index (χ2v) is 5.70. The highest BCUT2D eigenvalue weighted by Gasteiger charge is 2.24. The van der Waals surface area contributed by atoms with Gasteiger partial charge in [-0.2, -0.15) is 5.10 Å². The van der Waals surface area contributed by atoms with Crippen molar-refractivity contribution in [2.24, 2.45) is 11.8 Å². The van der Waals surface area contributed by atoms with Crippen LogP contribution in [-0.4, -0.2) is 16.8 Å². The highest BCUT2D eigenvalue weighted by atomic mass is 19.1. The molecular formula is C15H20FN3O. The fraction of sp³-hybridized carbons (Fsp3) is 0.533. The number of nitrogens with zero attached hydrogens (tertiary/aromatic N) is 1. The van der Waals surface area contributed by atoms with Crippen LogP contribution in [-0.2, 0) is 0 Å². The van der Waals surface area contributed by atoms with Gasteiger partial charge in [0.25, 0.3) is 0 Å². The monoisotopic (exact) mass is 277 g/mol. The Kier molecular flexibility index (Phi) is 3.51. The van der Waals surface area contributed by atoms with E-state index >= 15 is 0 Å². The number of nitrogens with one attached hydrogen (secondary N) is 1. The van der Waals surface area contributed by atoms with Gasteiger partial charge in [-0.25, -0.2) is 4.39 Å². The Hall–Kier alpha value is -1.78. The van der Waals surface area contributed by atoms with Crippen LogP contribution < -0.4 is 10.5 Å². The van der Waals surface area contributed by atoms with Gasteiger partial charge in [-0.3, -0.25) is 5.10 Å². The predicted octanol–water partition coefficient (Wildman–Crippen LogP) is 3.49. The minimum Gasteiger partial charge on any atom is -0.493 e. The normalized spacial score (nSPS) is 22.5. The molecule has 108 valence electrons. The molecule has 2 atom stereocenters. The van der Waals surface area contributed by atoms with Gasteiger partial charge in [0.15, 0.2) is 0 Å². The van der Waals surface area contributed by atoms with Crippen molar-refractivity contribution >= 4 is 16.7 Å². The lowest BCUT2D eigenvalue weighted by Gasteiger charge is -2.12. The predicted molar refractivity (Wildman–Crippen MR) is 77.1 cm³/mol. The topological polar surface area (TPSA) is 63.9 Å². The summed E-state index contributed by atoms with van der Waals surface area (Å²) in [6.07, 6.45) is 4.95. The molecule has 1 aliphatic carbocycles. The van der Waals surface area contributed by atoms with Crippen LogP contribution in [0.1, 0.15) is 32.6 Å². The number of fused-ring (bicyclic) bond motifs is 1. The number of nitrogen functional groups attached to an aromatic ring is 1. The summed E-state index contributed by atoms with van der Waals surface area (Å²) in [6, 6.07) is 3.12. The van der Waals surface area contributed by atoms with Crippen molar-refractivity contribution in [2.45, 2.75) is 32.6 Å². The molecule has 20 heavy (non-hydrogen) atoms. The van der Waals surface area contributed by atoms with Gasteiger partial charge in [0.2, 0.25) is 0 Å². The van der Waals surface area contributed by atoms with Crippen LogP contribution in [0.3, 0.4) is 0 Å². The Morgan fingerprint density at radius 3 is 2.95 bits per heavy atom. The molecule has 0 spiro atoms. The maximum atomic E-state index is 13.9. The van der Waals surface area contributed by atoms with Crippen molar-refractivity contribution in [2.75, 3.05) is 12.3 Å². The number of benzene rings is 1. The minimum atomic E-state index is -0.387. The lowest BCUT2D eigenvalue weighted by atomic mass is 10.0. The van der Waals surface area contributed by atoms with E-state index in [1.54, 1.807) is 6.07 Å². The first-order chi connectivity index (χ1) is 9.67. The van der Waals surface area contributed by atoms with Gasteiger partial charge in [0.05, 0.1) is 12.0 Å². The number of H-pyrrole nitrogens is 1. The summed E-state index contributed by atoms with van der Waals surface area (Å²) >= 11 is 0. The fourth-order valence-corrected chi connectivity index (χ4v) is 3.10. The van der Waals surface area contributed by atoms with E-state index in [9.17, 15) is 4.39 Å². The molecule has 3 rings (SSSR count). The lowest BCUT2D eigenvalue weighted by Crippen LogP contribution is -2.09. The van der Waals surface area contributed by atoms with Gasteiger partial charge >= 0.3 is 0 Å². The molecule has 1 fully saturated rings. The van der Waals surface area contributed by atoms with Gasteiger partial charge < -0.3 is 10.5 Å². The van der Waals surface area contributed by atoms with Gasteiger partial charge in [-0.15, -0.1) is 0 Å². The number of halogens is 1. The number of nitrogens with two attached hydrogens (primary N) is 1. The molecule has 0 radical (unpaired) electrons. The zero-order chi connectivity index (χ0) is 14.1. The van der Waals surface area contributed by atoms with Crippen LogP contribution in [0.2, 0.25) is 0 Å². The summed E-state index contributed by atoms with van der Waals surface area (Å²) in [5, 5.41) is 6.90. The molecule has 1 saturated carbocycles. The summed E-state index contributed by atoms with van der Waals surface area (Å²) in [5.41, 5.74) is 6.14. The minimum absolute atomic E-state index is 0.255. The van der Waals surface area contributed by atoms with Crippen molar-refractivity contribution in [3.05, 3.63) is 17.9 Å². The van der Waals surface area contributed by atoms with E-state index in [1.165, 1.54) is 31.7 Å². The number of hydrogen-bond donors (Lipinski definition) is 2. The summed E-state index contributed by atoms with van der Waals surface area (Å²) in [7, 11) is 0. The Labute approximate surface area is 117 Å². The van der Waals surface area contributed by atoms with E-state index < -0.39 is 0 Å². The Morgan fingerprint density at radius 1 is 1.40 bits per heavy atom. The van der Waals surface area contributed by atoms with E-state index in [2.05, 4.69) is 17.1 Å². The first-order valence-corrected chi connectivity index (χ1v) is 7.23. The maximum absolute atomic E-state index is 13.9. The number of ether oxygens (including phenoxy) is 1. The molecule has 1 aromatic carbocycles. The van der Waals surface area contributed by atoms with E-state index in [1.807, 2.05) is 0 Å². The van der Waals surface area contributed by atoms with Gasteiger partial charge in [0.1, 0.15) is 22.9 Å². The third-order valence-electron chi connectivity index (χ3n) is 4.32. The van der Waals surface area contributed by atoms with Crippen molar-refractivity contribution < 1.29 is 9.13 Å². The Morgan fingerprint density at radius 2 is 2.20 bits per heavy atom. The summed E-state index contributed by atoms with van der Waals surface area (Å²) in [4.78, 5) is 0. The highest BCUT2D eigenvalue weighted by Crippen LogP contribution is 2.34. The molecule has 0 bridgehead atoms. The van der Waals surface area contributed by atoms with Crippen LogP contribution >= 0.6 is 0 Å². The van der Waals surface area contributed by atoms with Crippen molar-refractivity contribution in [3.8, 4) is 5.75 Å². The van der Waals surface area contributed by atoms with Crippen molar-refractivity contribution in [1.29, 1.82) is 0 Å². The van der Waals surface area contributed by atoms with Crippen LogP contribution in [0.15, 0.2) is 12.1 Å². The second-order valence-electron chi connectivity index (χ2n) is 5.70. The molecular weight excluding hydrogens is 257 g/mol. The van der Waals surface area contributed by atoms with Gasteiger partial charge in [-0.05, 0) is 24.7 Å². The summed E-state index contributed by atoms with van der Waals surface area (Å²) < 4.78 is 19.7. The summed E-state index contributed by atoms with van der Waals surface area (Å²) in [5.74, 6) is 1.81. The molecule has 3 N–H and O–H groups in total. The van der Waals surface area contributed by atoms with E-state index in [4.69, 9.17) is 10.5 Å². The third kappa shape index (κ3) is 2.44. The average Bonchev–Trinajstić information content (AvgIpc) is 3.03. The smallest absolute Gasteiger partial charge is 0.140 e. The molecule has 5 heteroatoms. The van der Waals surface area contributed by atoms with Crippen LogP contribution in [0.25, 0.3) is 10.9 Å². The lowest BCUT2D eigenvalue weighted by molar-refractivity contribution is 0.247. The number of aromatic nitrogens is 2. The average molecular weight is 277 g/mol. The number of anilines is 1. The largest absolute Gasteiger partial charge is 0.493 e. The zero-order valence-electron chi connectivity index (χ0n) is 11.7. The van der Waals surface area contributed by atoms with E-state index in [-0.39, 0.29) is 11.6 Å². The first kappa shape index (κ1) is 13.2.